The maximum absolute atomic E-state index is 14.0. The lowest BCUT2D eigenvalue weighted by atomic mass is 9.81. The summed E-state index contributed by atoms with van der Waals surface area (Å²) in [7, 11) is 0. The molecule has 0 aromatic heterocycles. The van der Waals surface area contributed by atoms with Gasteiger partial charge in [0.25, 0.3) is 0 Å². The summed E-state index contributed by atoms with van der Waals surface area (Å²) < 4.78 is 49.6. The molecule has 39 heavy (non-hydrogen) atoms. The molecule has 1 aliphatic carbocycles. The summed E-state index contributed by atoms with van der Waals surface area (Å²) in [6.07, 6.45) is -4.29. The Morgan fingerprint density at radius 1 is 0.872 bits per heavy atom. The molecule has 5 aliphatic rings. The zero-order valence-electron chi connectivity index (χ0n) is 22.0. The van der Waals surface area contributed by atoms with Gasteiger partial charge in [-0.25, -0.2) is 0 Å². The van der Waals surface area contributed by atoms with Gasteiger partial charge in [0.2, 0.25) is 0 Å². The summed E-state index contributed by atoms with van der Waals surface area (Å²) in [6, 6.07) is 19.6. The highest BCUT2D eigenvalue weighted by molar-refractivity contribution is 5.89. The van der Waals surface area contributed by atoms with Crippen LogP contribution < -0.4 is 0 Å². The maximum Gasteiger partial charge on any atom is 0.192 e. The molecule has 1 saturated carbocycles. The van der Waals surface area contributed by atoms with Crippen molar-refractivity contribution >= 4 is 5.78 Å². The topological polar surface area (TPSA) is 90.9 Å². The van der Waals surface area contributed by atoms with E-state index in [1.165, 1.54) is 0 Å². The largest absolute Gasteiger partial charge is 0.363 e. The first-order valence-electron chi connectivity index (χ1n) is 13.7. The van der Waals surface area contributed by atoms with Gasteiger partial charge in [0.15, 0.2) is 24.2 Å². The summed E-state index contributed by atoms with van der Waals surface area (Å²) in [5.41, 5.74) is 1.89. The summed E-state index contributed by atoms with van der Waals surface area (Å²) in [5, 5.41) is 0. The van der Waals surface area contributed by atoms with Gasteiger partial charge in [-0.05, 0) is 25.8 Å². The fraction of sp³-hybridized carbons (Fsp3) is 0.567. The van der Waals surface area contributed by atoms with Crippen molar-refractivity contribution in [2.24, 2.45) is 5.92 Å². The van der Waals surface area contributed by atoms with E-state index >= 15 is 0 Å². The molecule has 2 aromatic rings. The molecule has 4 saturated heterocycles. The zero-order valence-corrected chi connectivity index (χ0v) is 22.0. The fourth-order valence-electron chi connectivity index (χ4n) is 6.33. The third-order valence-corrected chi connectivity index (χ3v) is 8.14. The fourth-order valence-corrected chi connectivity index (χ4v) is 6.33. The van der Waals surface area contributed by atoms with E-state index in [9.17, 15) is 4.79 Å². The molecule has 0 spiro atoms. The first kappa shape index (κ1) is 25.7. The molecule has 7 rings (SSSR count). The molecule has 4 heterocycles. The minimum Gasteiger partial charge on any atom is -0.363 e. The molecule has 5 fully saturated rings. The van der Waals surface area contributed by atoms with Gasteiger partial charge in [-0.3, -0.25) is 4.79 Å². The van der Waals surface area contributed by atoms with E-state index in [0.29, 0.717) is 19.6 Å². The molecule has 10 atom stereocenters. The average Bonchev–Trinajstić information content (AvgIpc) is 3.54. The molecule has 4 aliphatic heterocycles. The highest BCUT2D eigenvalue weighted by atomic mass is 16.8. The molecular weight excluding hydrogens is 504 g/mol. The second kappa shape index (κ2) is 10.3. The van der Waals surface area contributed by atoms with Crippen LogP contribution >= 0.6 is 0 Å². The summed E-state index contributed by atoms with van der Waals surface area (Å²) >= 11 is 0. The third-order valence-electron chi connectivity index (χ3n) is 8.14. The monoisotopic (exact) mass is 538 g/mol. The second-order valence-electron chi connectivity index (χ2n) is 11.3. The lowest BCUT2D eigenvalue weighted by Gasteiger charge is -2.46. The number of carbonyl (C=O) groups excluding carboxylic acids is 1. The zero-order chi connectivity index (χ0) is 26.6. The number of carbonyl (C=O) groups is 1. The minimum atomic E-state index is -0.811. The van der Waals surface area contributed by atoms with Crippen LogP contribution in [0.5, 0.6) is 0 Å². The smallest absolute Gasteiger partial charge is 0.192 e. The van der Waals surface area contributed by atoms with E-state index in [4.69, 9.17) is 37.9 Å². The first-order chi connectivity index (χ1) is 18.9. The van der Waals surface area contributed by atoms with Crippen molar-refractivity contribution in [3.63, 3.8) is 0 Å². The number of benzene rings is 2. The lowest BCUT2D eigenvalue weighted by Crippen LogP contribution is -2.60. The van der Waals surface area contributed by atoms with E-state index in [-0.39, 0.29) is 24.4 Å². The van der Waals surface area contributed by atoms with Crippen LogP contribution in [0.15, 0.2) is 60.7 Å². The quantitative estimate of drug-likeness (QED) is 0.550. The van der Waals surface area contributed by atoms with E-state index in [1.54, 1.807) is 0 Å². The van der Waals surface area contributed by atoms with Crippen LogP contribution in [0.2, 0.25) is 0 Å². The number of rotatable bonds is 6. The van der Waals surface area contributed by atoms with Crippen molar-refractivity contribution in [1.29, 1.82) is 0 Å². The normalized spacial score (nSPS) is 40.7. The van der Waals surface area contributed by atoms with Gasteiger partial charge in [0.05, 0.1) is 25.9 Å². The van der Waals surface area contributed by atoms with Crippen molar-refractivity contribution in [3.05, 3.63) is 71.8 Å². The van der Waals surface area contributed by atoms with Gasteiger partial charge in [0, 0.05) is 11.5 Å². The van der Waals surface area contributed by atoms with E-state index in [1.807, 2.05) is 74.5 Å². The molecule has 9 nitrogen and oxygen atoms in total. The molecule has 9 heteroatoms. The van der Waals surface area contributed by atoms with Crippen LogP contribution in [0.1, 0.15) is 37.7 Å². The van der Waals surface area contributed by atoms with Crippen LogP contribution in [0, 0.1) is 5.92 Å². The predicted octanol–water partition coefficient (Wildman–Crippen LogP) is 3.30. The van der Waals surface area contributed by atoms with Crippen molar-refractivity contribution in [1.82, 2.24) is 0 Å². The highest BCUT2D eigenvalue weighted by Crippen LogP contribution is 2.44. The Kier molecular flexibility index (Phi) is 6.81. The van der Waals surface area contributed by atoms with Gasteiger partial charge < -0.3 is 37.9 Å². The van der Waals surface area contributed by atoms with E-state index in [0.717, 1.165) is 11.1 Å². The van der Waals surface area contributed by atoms with Crippen LogP contribution in [-0.4, -0.2) is 73.8 Å². The Bertz CT molecular complexity index is 1160. The summed E-state index contributed by atoms with van der Waals surface area (Å²) in [4.78, 5) is 14.0. The molecule has 0 radical (unpaired) electrons. The molecule has 0 N–H and O–H groups in total. The molecule has 0 amide bonds. The first-order valence-corrected chi connectivity index (χ1v) is 13.7. The highest BCUT2D eigenvalue weighted by Gasteiger charge is 2.60. The Morgan fingerprint density at radius 2 is 1.62 bits per heavy atom. The van der Waals surface area contributed by atoms with Crippen LogP contribution in [-0.2, 0) is 49.3 Å². The third kappa shape index (κ3) is 4.96. The molecule has 208 valence electrons. The Hall–Kier alpha value is -2.21. The Balaban J connectivity index is 1.13. The van der Waals surface area contributed by atoms with E-state index in [2.05, 4.69) is 0 Å². The van der Waals surface area contributed by atoms with Gasteiger partial charge in [-0.2, -0.15) is 0 Å². The Labute approximate surface area is 227 Å². The minimum absolute atomic E-state index is 0.0847. The average molecular weight is 539 g/mol. The van der Waals surface area contributed by atoms with Crippen molar-refractivity contribution < 1.29 is 42.7 Å². The molecule has 2 aromatic carbocycles. The van der Waals surface area contributed by atoms with Crippen LogP contribution in [0.25, 0.3) is 0 Å². The van der Waals surface area contributed by atoms with Gasteiger partial charge in [0.1, 0.15) is 36.6 Å². The number of hydrogen-bond donors (Lipinski definition) is 0. The van der Waals surface area contributed by atoms with E-state index < -0.39 is 55.0 Å². The number of hydrogen-bond acceptors (Lipinski definition) is 9. The number of fused-ring (bicyclic) bond motifs is 5. The summed E-state index contributed by atoms with van der Waals surface area (Å²) in [6.45, 7) is 4.80. The molecular formula is C30H34O9. The Morgan fingerprint density at radius 3 is 2.41 bits per heavy atom. The number of Topliss-reactive ketones (excluding diaryl/α,β-unsaturated/α-hetero) is 1. The van der Waals surface area contributed by atoms with Gasteiger partial charge in [-0.15, -0.1) is 0 Å². The van der Waals surface area contributed by atoms with Crippen molar-refractivity contribution in [2.75, 3.05) is 13.2 Å². The summed E-state index contributed by atoms with van der Waals surface area (Å²) in [5.74, 6) is -1.02. The van der Waals surface area contributed by atoms with Crippen LogP contribution in [0.4, 0.5) is 0 Å². The van der Waals surface area contributed by atoms with Crippen molar-refractivity contribution in [2.45, 2.75) is 88.0 Å². The van der Waals surface area contributed by atoms with Crippen LogP contribution in [0.3, 0.4) is 0 Å². The number of ether oxygens (including phenoxy) is 8. The van der Waals surface area contributed by atoms with Crippen molar-refractivity contribution in [3.8, 4) is 0 Å². The van der Waals surface area contributed by atoms with Gasteiger partial charge in [-0.1, -0.05) is 60.7 Å². The predicted molar refractivity (Wildman–Crippen MR) is 135 cm³/mol. The lowest BCUT2D eigenvalue weighted by molar-refractivity contribution is -0.281. The molecule has 2 bridgehead atoms. The second-order valence-corrected chi connectivity index (χ2v) is 11.3. The van der Waals surface area contributed by atoms with Gasteiger partial charge >= 0.3 is 0 Å². The maximum atomic E-state index is 14.0. The molecule has 0 unspecified atom stereocenters. The number of ketones is 1. The SMILES string of the molecule is CC1(C)O[C@@H]2[C@H](O1)[C@@H]1OC[C@@H](O1)[C@H]2O[C@@H]1C[C@@H]2CO[C@@H](c3ccccc3)O[C@H]2[C@H](OCc2ccccc2)C1=O. The standard InChI is InChI=1S/C30H34O9/c1-30(2)38-26-24(21-16-34-29(36-21)27(26)39-30)35-20-13-19-15-33-28(18-11-7-4-8-12-18)37-23(19)25(22(20)31)32-14-17-9-5-3-6-10-17/h3-12,19-21,23-29H,13-16H2,1-2H3/t19-,20-,21-,23-,24-,25-,26+,27+,28-,29-/m1/s1.